The molecule has 14 heavy (non-hydrogen) atoms. The minimum atomic E-state index is 0.363. The maximum Gasteiger partial charge on any atom is 0.0640 e. The molecule has 0 amide bonds. The molecule has 0 aliphatic carbocycles. The molecule has 1 aliphatic heterocycles. The normalized spacial score (nSPS) is 19.4. The Morgan fingerprint density at radius 3 is 2.93 bits per heavy atom. The van der Waals surface area contributed by atoms with E-state index in [1.165, 1.54) is 12.0 Å². The molecule has 0 bridgehead atoms. The van der Waals surface area contributed by atoms with Crippen LogP contribution in [0.4, 0.5) is 5.69 Å². The van der Waals surface area contributed by atoms with Crippen molar-refractivity contribution in [3.8, 4) is 0 Å². The number of aryl methyl sites for hydroxylation is 1. The van der Waals surface area contributed by atoms with Gasteiger partial charge in [-0.1, -0.05) is 37.6 Å². The van der Waals surface area contributed by atoms with Crippen molar-refractivity contribution >= 4 is 17.3 Å². The van der Waals surface area contributed by atoms with Crippen LogP contribution in [-0.4, -0.2) is 6.54 Å². The van der Waals surface area contributed by atoms with E-state index in [-0.39, 0.29) is 0 Å². The smallest absolute Gasteiger partial charge is 0.0640 e. The van der Waals surface area contributed by atoms with Gasteiger partial charge in [-0.15, -0.1) is 0 Å². The van der Waals surface area contributed by atoms with Crippen molar-refractivity contribution in [1.29, 1.82) is 0 Å². The monoisotopic (exact) mass is 209 g/mol. The van der Waals surface area contributed by atoms with Crippen LogP contribution in [0.25, 0.3) is 0 Å². The summed E-state index contributed by atoms with van der Waals surface area (Å²) in [5, 5.41) is 4.30. The van der Waals surface area contributed by atoms with E-state index in [9.17, 15) is 0 Å². The highest BCUT2D eigenvalue weighted by Gasteiger charge is 2.22. The number of nitrogens with one attached hydrogen (secondary N) is 1. The van der Waals surface area contributed by atoms with E-state index in [4.69, 9.17) is 11.6 Å². The second-order valence-corrected chi connectivity index (χ2v) is 5.20. The van der Waals surface area contributed by atoms with Crippen molar-refractivity contribution in [3.63, 3.8) is 0 Å². The summed E-state index contributed by atoms with van der Waals surface area (Å²) in [6.07, 6.45) is 2.34. The molecule has 1 heterocycles. The molecule has 0 radical (unpaired) electrons. The van der Waals surface area contributed by atoms with E-state index in [0.29, 0.717) is 5.41 Å². The lowest BCUT2D eigenvalue weighted by Gasteiger charge is -2.21. The highest BCUT2D eigenvalue weighted by atomic mass is 35.5. The second kappa shape index (κ2) is 3.47. The average molecular weight is 210 g/mol. The van der Waals surface area contributed by atoms with E-state index in [1.54, 1.807) is 0 Å². The fraction of sp³-hybridized carbons (Fsp3) is 0.500. The third-order valence-electron chi connectivity index (χ3n) is 2.91. The van der Waals surface area contributed by atoms with Gasteiger partial charge < -0.3 is 5.32 Å². The quantitative estimate of drug-likeness (QED) is 0.687. The SMILES string of the molecule is CC1(C)CCc2cccc(Cl)c2NC1. The summed E-state index contributed by atoms with van der Waals surface area (Å²) in [6.45, 7) is 5.59. The predicted octanol–water partition coefficient (Wildman–Crippen LogP) is 3.72. The molecule has 1 aromatic carbocycles. The van der Waals surface area contributed by atoms with Crippen LogP contribution in [0.5, 0.6) is 0 Å². The van der Waals surface area contributed by atoms with Crippen LogP contribution in [-0.2, 0) is 6.42 Å². The van der Waals surface area contributed by atoms with Crippen LogP contribution in [0.15, 0.2) is 18.2 Å². The lowest BCUT2D eigenvalue weighted by atomic mass is 9.88. The number of anilines is 1. The van der Waals surface area contributed by atoms with Crippen molar-refractivity contribution in [2.75, 3.05) is 11.9 Å². The van der Waals surface area contributed by atoms with Gasteiger partial charge in [-0.3, -0.25) is 0 Å². The minimum absolute atomic E-state index is 0.363. The highest BCUT2D eigenvalue weighted by Crippen LogP contribution is 2.34. The largest absolute Gasteiger partial charge is 0.383 e. The first kappa shape index (κ1) is 9.85. The van der Waals surface area contributed by atoms with E-state index in [0.717, 1.165) is 23.7 Å². The van der Waals surface area contributed by atoms with Gasteiger partial charge in [0.15, 0.2) is 0 Å². The van der Waals surface area contributed by atoms with Gasteiger partial charge in [0.2, 0.25) is 0 Å². The Morgan fingerprint density at radius 1 is 1.36 bits per heavy atom. The minimum Gasteiger partial charge on any atom is -0.383 e. The molecule has 76 valence electrons. The Hall–Kier alpha value is -0.690. The highest BCUT2D eigenvalue weighted by molar-refractivity contribution is 6.33. The number of benzene rings is 1. The molecule has 1 N–H and O–H groups in total. The Kier molecular flexibility index (Phi) is 2.44. The molecule has 0 saturated carbocycles. The van der Waals surface area contributed by atoms with Gasteiger partial charge in [0.1, 0.15) is 0 Å². The van der Waals surface area contributed by atoms with Crippen LogP contribution in [0, 0.1) is 5.41 Å². The van der Waals surface area contributed by atoms with Crippen LogP contribution < -0.4 is 5.32 Å². The summed E-state index contributed by atoms with van der Waals surface area (Å²) in [6, 6.07) is 6.14. The Labute approximate surface area is 90.5 Å². The van der Waals surface area contributed by atoms with Crippen molar-refractivity contribution in [1.82, 2.24) is 0 Å². The number of rotatable bonds is 0. The lowest BCUT2D eigenvalue weighted by Crippen LogP contribution is -2.21. The standard InChI is InChI=1S/C12H16ClN/c1-12(2)7-6-9-4-3-5-10(13)11(9)14-8-12/h3-5,14H,6-8H2,1-2H3. The van der Waals surface area contributed by atoms with Gasteiger partial charge in [-0.05, 0) is 29.9 Å². The Morgan fingerprint density at radius 2 is 2.14 bits per heavy atom. The van der Waals surface area contributed by atoms with Crippen LogP contribution in [0.2, 0.25) is 5.02 Å². The molecule has 1 aliphatic rings. The molecular formula is C12H16ClN. The molecule has 1 aromatic rings. The molecule has 0 atom stereocenters. The molecule has 1 nitrogen and oxygen atoms in total. The lowest BCUT2D eigenvalue weighted by molar-refractivity contribution is 0.365. The number of hydrogen-bond acceptors (Lipinski definition) is 1. The molecular weight excluding hydrogens is 194 g/mol. The van der Waals surface area contributed by atoms with Crippen LogP contribution >= 0.6 is 11.6 Å². The Balaban J connectivity index is 2.34. The first-order valence-electron chi connectivity index (χ1n) is 5.10. The summed E-state index contributed by atoms with van der Waals surface area (Å²) in [4.78, 5) is 0. The van der Waals surface area contributed by atoms with Gasteiger partial charge in [0.25, 0.3) is 0 Å². The zero-order valence-corrected chi connectivity index (χ0v) is 9.49. The van der Waals surface area contributed by atoms with Crippen molar-refractivity contribution in [2.45, 2.75) is 26.7 Å². The summed E-state index contributed by atoms with van der Waals surface area (Å²) < 4.78 is 0. The third-order valence-corrected chi connectivity index (χ3v) is 3.23. The van der Waals surface area contributed by atoms with Gasteiger partial charge >= 0.3 is 0 Å². The van der Waals surface area contributed by atoms with Gasteiger partial charge in [-0.25, -0.2) is 0 Å². The van der Waals surface area contributed by atoms with Gasteiger partial charge in [-0.2, -0.15) is 0 Å². The number of hydrogen-bond donors (Lipinski definition) is 1. The number of fused-ring (bicyclic) bond motifs is 1. The summed E-state index contributed by atoms with van der Waals surface area (Å²) in [7, 11) is 0. The third kappa shape index (κ3) is 1.88. The molecule has 2 heteroatoms. The zero-order chi connectivity index (χ0) is 10.2. The fourth-order valence-electron chi connectivity index (χ4n) is 1.86. The summed E-state index contributed by atoms with van der Waals surface area (Å²) in [5.41, 5.74) is 2.85. The van der Waals surface area contributed by atoms with Gasteiger partial charge in [0, 0.05) is 6.54 Å². The zero-order valence-electron chi connectivity index (χ0n) is 8.73. The van der Waals surface area contributed by atoms with Crippen LogP contribution in [0.1, 0.15) is 25.8 Å². The van der Waals surface area contributed by atoms with Crippen molar-refractivity contribution in [3.05, 3.63) is 28.8 Å². The van der Waals surface area contributed by atoms with Gasteiger partial charge in [0.05, 0.1) is 10.7 Å². The molecule has 0 saturated heterocycles. The number of para-hydroxylation sites is 1. The maximum absolute atomic E-state index is 6.15. The predicted molar refractivity (Wildman–Crippen MR) is 62.0 cm³/mol. The fourth-order valence-corrected chi connectivity index (χ4v) is 2.13. The maximum atomic E-state index is 6.15. The van der Waals surface area contributed by atoms with Crippen molar-refractivity contribution in [2.24, 2.45) is 5.41 Å². The topological polar surface area (TPSA) is 12.0 Å². The molecule has 2 rings (SSSR count). The van der Waals surface area contributed by atoms with E-state index in [1.807, 2.05) is 12.1 Å². The molecule has 0 fully saturated rings. The summed E-state index contributed by atoms with van der Waals surface area (Å²) >= 11 is 6.15. The van der Waals surface area contributed by atoms with E-state index >= 15 is 0 Å². The van der Waals surface area contributed by atoms with E-state index < -0.39 is 0 Å². The molecule has 0 aromatic heterocycles. The van der Waals surface area contributed by atoms with E-state index in [2.05, 4.69) is 25.2 Å². The summed E-state index contributed by atoms with van der Waals surface area (Å²) in [5.74, 6) is 0. The second-order valence-electron chi connectivity index (χ2n) is 4.79. The molecule has 0 spiro atoms. The average Bonchev–Trinajstić information content (AvgIpc) is 2.27. The first-order valence-corrected chi connectivity index (χ1v) is 5.48. The Bertz CT molecular complexity index is 344. The first-order chi connectivity index (χ1) is 6.58. The van der Waals surface area contributed by atoms with Crippen molar-refractivity contribution < 1.29 is 0 Å². The molecule has 0 unspecified atom stereocenters. The number of halogens is 1. The van der Waals surface area contributed by atoms with Crippen LogP contribution in [0.3, 0.4) is 0 Å².